The molecule has 21 heavy (non-hydrogen) atoms. The van der Waals surface area contributed by atoms with Crippen LogP contribution in [0.1, 0.15) is 60.3 Å². The topological polar surface area (TPSA) is 32.8 Å². The Morgan fingerprint density at radius 2 is 1.71 bits per heavy atom. The number of carbonyl (C=O) groups excluding carboxylic acids is 1. The van der Waals surface area contributed by atoms with Crippen LogP contribution in [-0.2, 0) is 4.74 Å². The maximum absolute atomic E-state index is 12.4. The van der Waals surface area contributed by atoms with Gasteiger partial charge < -0.3 is 9.64 Å². The average Bonchev–Trinajstić information content (AvgIpc) is 2.90. The first-order valence-corrected chi connectivity index (χ1v) is 8.47. The Bertz CT molecular complexity index is 369. The SMILES string of the molecule is CC(C)C1(N2CCCC2)CCCN(C(=O)OC(C)(C)C)C1. The van der Waals surface area contributed by atoms with Gasteiger partial charge in [-0.1, -0.05) is 13.8 Å². The normalized spacial score (nSPS) is 28.2. The number of rotatable bonds is 2. The van der Waals surface area contributed by atoms with Gasteiger partial charge in [0.2, 0.25) is 0 Å². The van der Waals surface area contributed by atoms with Gasteiger partial charge in [-0.05, 0) is 65.5 Å². The molecule has 2 aliphatic heterocycles. The summed E-state index contributed by atoms with van der Waals surface area (Å²) in [5.41, 5.74) is -0.270. The molecule has 0 N–H and O–H groups in total. The molecule has 2 heterocycles. The van der Waals surface area contributed by atoms with Crippen molar-refractivity contribution in [3.63, 3.8) is 0 Å². The Morgan fingerprint density at radius 3 is 2.24 bits per heavy atom. The Kier molecular flexibility index (Phi) is 4.86. The van der Waals surface area contributed by atoms with E-state index < -0.39 is 5.60 Å². The Labute approximate surface area is 129 Å². The Hall–Kier alpha value is -0.770. The van der Waals surface area contributed by atoms with Crippen molar-refractivity contribution in [2.45, 2.75) is 71.4 Å². The third-order valence-corrected chi connectivity index (χ3v) is 4.96. The van der Waals surface area contributed by atoms with Crippen molar-refractivity contribution >= 4 is 6.09 Å². The van der Waals surface area contributed by atoms with Gasteiger partial charge in [0, 0.05) is 18.6 Å². The summed E-state index contributed by atoms with van der Waals surface area (Å²) in [5, 5.41) is 0. The molecule has 2 aliphatic rings. The van der Waals surface area contributed by atoms with E-state index in [9.17, 15) is 4.79 Å². The monoisotopic (exact) mass is 296 g/mol. The molecule has 1 unspecified atom stereocenters. The van der Waals surface area contributed by atoms with Crippen molar-refractivity contribution < 1.29 is 9.53 Å². The van der Waals surface area contributed by atoms with E-state index in [1.165, 1.54) is 32.4 Å². The van der Waals surface area contributed by atoms with E-state index in [4.69, 9.17) is 4.74 Å². The van der Waals surface area contributed by atoms with Crippen LogP contribution < -0.4 is 0 Å². The van der Waals surface area contributed by atoms with Crippen molar-refractivity contribution in [1.82, 2.24) is 9.80 Å². The molecule has 4 heteroatoms. The lowest BCUT2D eigenvalue weighted by molar-refractivity contribution is -0.0273. The van der Waals surface area contributed by atoms with Crippen LogP contribution in [0.4, 0.5) is 4.79 Å². The standard InChI is InChI=1S/C17H32N2O2/c1-14(2)17(19-11-6-7-12-19)9-8-10-18(13-17)15(20)21-16(3,4)5/h14H,6-13H2,1-5H3. The molecule has 0 spiro atoms. The van der Waals surface area contributed by atoms with Crippen molar-refractivity contribution in [2.24, 2.45) is 5.92 Å². The quantitative estimate of drug-likeness (QED) is 0.782. The summed E-state index contributed by atoms with van der Waals surface area (Å²) in [5.74, 6) is 0.556. The lowest BCUT2D eigenvalue weighted by Gasteiger charge is -2.51. The number of hydrogen-bond acceptors (Lipinski definition) is 3. The summed E-state index contributed by atoms with van der Waals surface area (Å²) in [6, 6.07) is 0. The lowest BCUT2D eigenvalue weighted by atomic mass is 9.78. The molecule has 2 fully saturated rings. The molecule has 0 aromatic heterocycles. The van der Waals surface area contributed by atoms with Gasteiger partial charge in [0.25, 0.3) is 0 Å². The summed E-state index contributed by atoms with van der Waals surface area (Å²) in [4.78, 5) is 17.0. The summed E-state index contributed by atoms with van der Waals surface area (Å²) in [7, 11) is 0. The Balaban J connectivity index is 2.11. The van der Waals surface area contributed by atoms with Crippen LogP contribution >= 0.6 is 0 Å². The van der Waals surface area contributed by atoms with E-state index in [0.717, 1.165) is 19.5 Å². The fourth-order valence-corrected chi connectivity index (χ4v) is 3.80. The zero-order chi connectivity index (χ0) is 15.7. The summed E-state index contributed by atoms with van der Waals surface area (Å²) < 4.78 is 5.58. The number of piperidine rings is 1. The van der Waals surface area contributed by atoms with Gasteiger partial charge in [0.15, 0.2) is 0 Å². The predicted octanol–water partition coefficient (Wildman–Crippen LogP) is 3.51. The summed E-state index contributed by atoms with van der Waals surface area (Å²) in [6.45, 7) is 14.4. The van der Waals surface area contributed by atoms with E-state index in [1.54, 1.807) is 0 Å². The molecule has 1 atom stereocenters. The van der Waals surface area contributed by atoms with Crippen molar-refractivity contribution in [3.8, 4) is 0 Å². The van der Waals surface area contributed by atoms with Crippen LogP contribution in [0.5, 0.6) is 0 Å². The zero-order valence-corrected chi connectivity index (χ0v) is 14.4. The van der Waals surface area contributed by atoms with Gasteiger partial charge in [-0.2, -0.15) is 0 Å². The first-order valence-electron chi connectivity index (χ1n) is 8.47. The van der Waals surface area contributed by atoms with Gasteiger partial charge >= 0.3 is 6.09 Å². The molecule has 0 aromatic carbocycles. The minimum absolute atomic E-state index is 0.144. The van der Waals surface area contributed by atoms with Gasteiger partial charge in [-0.15, -0.1) is 0 Å². The van der Waals surface area contributed by atoms with E-state index in [0.29, 0.717) is 5.92 Å². The zero-order valence-electron chi connectivity index (χ0n) is 14.4. The molecular formula is C17H32N2O2. The molecule has 0 radical (unpaired) electrons. The number of nitrogens with zero attached hydrogens (tertiary/aromatic N) is 2. The second-order valence-electron chi connectivity index (χ2n) is 7.96. The van der Waals surface area contributed by atoms with Gasteiger partial charge in [0.1, 0.15) is 5.60 Å². The minimum Gasteiger partial charge on any atom is -0.444 e. The first kappa shape index (κ1) is 16.6. The smallest absolute Gasteiger partial charge is 0.410 e. The Morgan fingerprint density at radius 1 is 1.10 bits per heavy atom. The van der Waals surface area contributed by atoms with Gasteiger partial charge in [-0.25, -0.2) is 4.79 Å². The molecule has 2 saturated heterocycles. The molecule has 1 amide bonds. The van der Waals surface area contributed by atoms with Crippen molar-refractivity contribution in [3.05, 3.63) is 0 Å². The summed E-state index contributed by atoms with van der Waals surface area (Å²) >= 11 is 0. The number of carbonyl (C=O) groups is 1. The van der Waals surface area contributed by atoms with E-state index >= 15 is 0 Å². The number of likely N-dealkylation sites (tertiary alicyclic amines) is 2. The van der Waals surface area contributed by atoms with Crippen LogP contribution in [0.3, 0.4) is 0 Å². The second-order valence-corrected chi connectivity index (χ2v) is 7.96. The third kappa shape index (κ3) is 3.71. The van der Waals surface area contributed by atoms with Crippen LogP contribution in [-0.4, -0.2) is 53.2 Å². The highest BCUT2D eigenvalue weighted by molar-refractivity contribution is 5.68. The molecule has 2 rings (SSSR count). The van der Waals surface area contributed by atoms with Crippen LogP contribution in [0.25, 0.3) is 0 Å². The van der Waals surface area contributed by atoms with Gasteiger partial charge in [-0.3, -0.25) is 4.90 Å². The maximum Gasteiger partial charge on any atom is 0.410 e. The second kappa shape index (κ2) is 6.15. The molecule has 0 saturated carbocycles. The van der Waals surface area contributed by atoms with Crippen LogP contribution in [0.15, 0.2) is 0 Å². The average molecular weight is 296 g/mol. The number of hydrogen-bond donors (Lipinski definition) is 0. The van der Waals surface area contributed by atoms with E-state index in [1.807, 2.05) is 25.7 Å². The third-order valence-electron chi connectivity index (χ3n) is 4.96. The van der Waals surface area contributed by atoms with E-state index in [-0.39, 0.29) is 11.6 Å². The molecule has 0 aliphatic carbocycles. The largest absolute Gasteiger partial charge is 0.444 e. The molecule has 122 valence electrons. The highest BCUT2D eigenvalue weighted by Crippen LogP contribution is 2.37. The van der Waals surface area contributed by atoms with Crippen molar-refractivity contribution in [2.75, 3.05) is 26.2 Å². The van der Waals surface area contributed by atoms with Crippen molar-refractivity contribution in [1.29, 1.82) is 0 Å². The van der Waals surface area contributed by atoms with E-state index in [2.05, 4.69) is 18.7 Å². The molecule has 4 nitrogen and oxygen atoms in total. The number of amides is 1. The fraction of sp³-hybridized carbons (Fsp3) is 0.941. The summed E-state index contributed by atoms with van der Waals surface area (Å²) in [6.07, 6.45) is 4.71. The number of ether oxygens (including phenoxy) is 1. The minimum atomic E-state index is -0.414. The maximum atomic E-state index is 12.4. The predicted molar refractivity (Wildman–Crippen MR) is 85.4 cm³/mol. The molecule has 0 aromatic rings. The van der Waals surface area contributed by atoms with Crippen LogP contribution in [0.2, 0.25) is 0 Å². The van der Waals surface area contributed by atoms with Gasteiger partial charge in [0.05, 0.1) is 0 Å². The highest BCUT2D eigenvalue weighted by atomic mass is 16.6. The highest BCUT2D eigenvalue weighted by Gasteiger charge is 2.45. The first-order chi connectivity index (χ1) is 9.74. The molecule has 0 bridgehead atoms. The molecular weight excluding hydrogens is 264 g/mol. The fourth-order valence-electron chi connectivity index (χ4n) is 3.80. The lowest BCUT2D eigenvalue weighted by Crippen LogP contribution is -2.62. The van der Waals surface area contributed by atoms with Crippen LogP contribution in [0, 0.1) is 5.92 Å².